The third kappa shape index (κ3) is 1.21. The minimum atomic E-state index is 0.659. The summed E-state index contributed by atoms with van der Waals surface area (Å²) in [4.78, 5) is 0. The van der Waals surface area contributed by atoms with Gasteiger partial charge < -0.3 is 0 Å². The molecule has 1 fully saturated rings. The van der Waals surface area contributed by atoms with E-state index in [4.69, 9.17) is 0 Å². The molecule has 0 aromatic rings. The predicted octanol–water partition coefficient (Wildman–Crippen LogP) is 3.61. The van der Waals surface area contributed by atoms with E-state index in [0.717, 1.165) is 5.41 Å². The van der Waals surface area contributed by atoms with Gasteiger partial charge in [-0.15, -0.1) is 0 Å². The Kier molecular flexibility index (Phi) is 1.82. The molecule has 0 aromatic heterocycles. The highest BCUT2D eigenvalue weighted by molar-refractivity contribution is 4.96. The molecule has 0 heterocycles. The maximum Gasteiger partial charge on any atom is -0.0293 e. The van der Waals surface area contributed by atoms with Crippen molar-refractivity contribution in [2.45, 2.75) is 53.4 Å². The van der Waals surface area contributed by atoms with E-state index < -0.39 is 0 Å². The quantitative estimate of drug-likeness (QED) is 0.549. The number of hydrogen-bond donors (Lipinski definition) is 0. The van der Waals surface area contributed by atoms with Crippen LogP contribution in [0.3, 0.4) is 0 Å². The monoisotopic (exact) mass is 140 g/mol. The lowest BCUT2D eigenvalue weighted by molar-refractivity contribution is -0.0195. The average Bonchev–Trinajstić information content (AvgIpc) is 1.82. The highest BCUT2D eigenvalue weighted by atomic mass is 14.5. The van der Waals surface area contributed by atoms with Gasteiger partial charge in [-0.05, 0) is 23.7 Å². The molecular formula is C10H20. The van der Waals surface area contributed by atoms with Gasteiger partial charge in [-0.2, -0.15) is 0 Å². The summed E-state index contributed by atoms with van der Waals surface area (Å²) >= 11 is 0. The van der Waals surface area contributed by atoms with Crippen LogP contribution in [0.15, 0.2) is 0 Å². The van der Waals surface area contributed by atoms with Crippen LogP contribution in [0.25, 0.3) is 0 Å². The van der Waals surface area contributed by atoms with Gasteiger partial charge in [0.05, 0.1) is 0 Å². The maximum atomic E-state index is 2.39. The fraction of sp³-hybridized carbons (Fsp3) is 1.00. The summed E-state index contributed by atoms with van der Waals surface area (Å²) in [5.74, 6) is 0. The molecule has 0 aromatic carbocycles. The Morgan fingerprint density at radius 2 is 1.40 bits per heavy atom. The highest BCUT2D eigenvalue weighted by Gasteiger charge is 2.45. The molecule has 0 atom stereocenters. The van der Waals surface area contributed by atoms with Gasteiger partial charge in [0.2, 0.25) is 0 Å². The van der Waals surface area contributed by atoms with E-state index in [2.05, 4.69) is 27.7 Å². The Balaban J connectivity index is 2.46. The largest absolute Gasteiger partial charge is 0.0649 e. The molecule has 1 aliphatic rings. The van der Waals surface area contributed by atoms with Crippen LogP contribution in [-0.2, 0) is 0 Å². The zero-order chi connectivity index (χ0) is 7.83. The van der Waals surface area contributed by atoms with E-state index in [9.17, 15) is 0 Å². The van der Waals surface area contributed by atoms with E-state index in [0.29, 0.717) is 5.41 Å². The standard InChI is InChI=1S/C10H20/c1-5-10(6-2)7-9(3,4)8-10/h5-8H2,1-4H3. The van der Waals surface area contributed by atoms with Crippen molar-refractivity contribution < 1.29 is 0 Å². The minimum Gasteiger partial charge on any atom is -0.0649 e. The molecule has 0 heteroatoms. The van der Waals surface area contributed by atoms with Crippen molar-refractivity contribution in [1.29, 1.82) is 0 Å². The molecule has 1 rings (SSSR count). The van der Waals surface area contributed by atoms with Crippen molar-refractivity contribution in [2.24, 2.45) is 10.8 Å². The second-order valence-corrected chi connectivity index (χ2v) is 4.72. The van der Waals surface area contributed by atoms with E-state index in [1.54, 1.807) is 0 Å². The van der Waals surface area contributed by atoms with Crippen LogP contribution < -0.4 is 0 Å². The van der Waals surface area contributed by atoms with Crippen molar-refractivity contribution >= 4 is 0 Å². The van der Waals surface area contributed by atoms with Crippen molar-refractivity contribution in [3.63, 3.8) is 0 Å². The molecule has 0 radical (unpaired) electrons. The van der Waals surface area contributed by atoms with E-state index in [1.165, 1.54) is 25.7 Å². The first kappa shape index (κ1) is 8.10. The first-order chi connectivity index (χ1) is 4.54. The summed E-state index contributed by atoms with van der Waals surface area (Å²) in [6, 6.07) is 0. The third-order valence-corrected chi connectivity index (χ3v) is 3.21. The molecule has 0 aliphatic heterocycles. The van der Waals surface area contributed by atoms with Crippen LogP contribution in [0.4, 0.5) is 0 Å². The minimum absolute atomic E-state index is 0.659. The fourth-order valence-electron chi connectivity index (χ4n) is 2.73. The molecule has 0 N–H and O–H groups in total. The number of hydrogen-bond acceptors (Lipinski definition) is 0. The Bertz CT molecular complexity index is 108. The second kappa shape index (κ2) is 2.25. The first-order valence-corrected chi connectivity index (χ1v) is 4.54. The zero-order valence-electron chi connectivity index (χ0n) is 7.83. The predicted molar refractivity (Wildman–Crippen MR) is 46.0 cm³/mol. The average molecular weight is 140 g/mol. The maximum absolute atomic E-state index is 2.39. The summed E-state index contributed by atoms with van der Waals surface area (Å²) in [6.07, 6.45) is 5.67. The molecule has 0 saturated heterocycles. The molecule has 0 unspecified atom stereocenters. The summed E-state index contributed by atoms with van der Waals surface area (Å²) in [5.41, 5.74) is 1.40. The van der Waals surface area contributed by atoms with Crippen LogP contribution in [0.5, 0.6) is 0 Å². The molecular weight excluding hydrogens is 120 g/mol. The van der Waals surface area contributed by atoms with Gasteiger partial charge >= 0.3 is 0 Å². The van der Waals surface area contributed by atoms with Gasteiger partial charge in [-0.1, -0.05) is 40.5 Å². The lowest BCUT2D eigenvalue weighted by atomic mass is 9.52. The Labute approximate surface area is 65.0 Å². The summed E-state index contributed by atoms with van der Waals surface area (Å²) in [6.45, 7) is 9.44. The number of rotatable bonds is 2. The van der Waals surface area contributed by atoms with Crippen LogP contribution in [0.2, 0.25) is 0 Å². The SMILES string of the molecule is CCC1(CC)CC(C)(C)C1. The van der Waals surface area contributed by atoms with Crippen molar-refractivity contribution in [1.82, 2.24) is 0 Å². The Morgan fingerprint density at radius 1 is 1.00 bits per heavy atom. The summed E-state index contributed by atoms with van der Waals surface area (Å²) < 4.78 is 0. The van der Waals surface area contributed by atoms with E-state index >= 15 is 0 Å². The van der Waals surface area contributed by atoms with Crippen LogP contribution in [0.1, 0.15) is 53.4 Å². The van der Waals surface area contributed by atoms with E-state index in [-0.39, 0.29) is 0 Å². The molecule has 0 spiro atoms. The van der Waals surface area contributed by atoms with Crippen molar-refractivity contribution in [3.8, 4) is 0 Å². The lowest BCUT2D eigenvalue weighted by Crippen LogP contribution is -2.41. The van der Waals surface area contributed by atoms with E-state index in [1.807, 2.05) is 0 Å². The van der Waals surface area contributed by atoms with Crippen LogP contribution in [-0.4, -0.2) is 0 Å². The topological polar surface area (TPSA) is 0 Å². The van der Waals surface area contributed by atoms with Gasteiger partial charge in [0.25, 0.3) is 0 Å². The lowest BCUT2D eigenvalue weighted by Gasteiger charge is -2.53. The Morgan fingerprint density at radius 3 is 1.50 bits per heavy atom. The molecule has 0 nitrogen and oxygen atoms in total. The molecule has 1 aliphatic carbocycles. The van der Waals surface area contributed by atoms with Gasteiger partial charge in [0.15, 0.2) is 0 Å². The van der Waals surface area contributed by atoms with Gasteiger partial charge in [0.1, 0.15) is 0 Å². The van der Waals surface area contributed by atoms with Crippen molar-refractivity contribution in [2.75, 3.05) is 0 Å². The molecule has 0 amide bonds. The van der Waals surface area contributed by atoms with Crippen LogP contribution in [0, 0.1) is 10.8 Å². The van der Waals surface area contributed by atoms with Gasteiger partial charge in [0, 0.05) is 0 Å². The molecule has 10 heavy (non-hydrogen) atoms. The second-order valence-electron chi connectivity index (χ2n) is 4.72. The van der Waals surface area contributed by atoms with Crippen LogP contribution >= 0.6 is 0 Å². The molecule has 60 valence electrons. The van der Waals surface area contributed by atoms with Gasteiger partial charge in [-0.25, -0.2) is 0 Å². The summed E-state index contributed by atoms with van der Waals surface area (Å²) in [5, 5.41) is 0. The third-order valence-electron chi connectivity index (χ3n) is 3.21. The zero-order valence-corrected chi connectivity index (χ0v) is 7.83. The van der Waals surface area contributed by atoms with Gasteiger partial charge in [-0.3, -0.25) is 0 Å². The summed E-state index contributed by atoms with van der Waals surface area (Å²) in [7, 11) is 0. The molecule has 0 bridgehead atoms. The molecule has 1 saturated carbocycles. The fourth-order valence-corrected chi connectivity index (χ4v) is 2.73. The normalized spacial score (nSPS) is 27.6. The highest BCUT2D eigenvalue weighted by Crippen LogP contribution is 2.57. The first-order valence-electron chi connectivity index (χ1n) is 4.54. The van der Waals surface area contributed by atoms with Crippen molar-refractivity contribution in [3.05, 3.63) is 0 Å². The Hall–Kier alpha value is 0. The smallest absolute Gasteiger partial charge is 0.0293 e.